The first-order valence-corrected chi connectivity index (χ1v) is 12.5. The van der Waals surface area contributed by atoms with Gasteiger partial charge in [-0.25, -0.2) is 8.42 Å². The van der Waals surface area contributed by atoms with Crippen LogP contribution >= 0.6 is 0 Å². The molecule has 3 aromatic carbocycles. The summed E-state index contributed by atoms with van der Waals surface area (Å²) in [5, 5.41) is 15.4. The van der Waals surface area contributed by atoms with Gasteiger partial charge in [-0.05, 0) is 35.9 Å². The highest BCUT2D eigenvalue weighted by atomic mass is 32.2. The van der Waals surface area contributed by atoms with Crippen LogP contribution in [0.25, 0.3) is 0 Å². The highest BCUT2D eigenvalue weighted by molar-refractivity contribution is 7.93. The molecule has 1 fully saturated rings. The summed E-state index contributed by atoms with van der Waals surface area (Å²) in [6, 6.07) is 17.7. The van der Waals surface area contributed by atoms with Crippen LogP contribution in [0.1, 0.15) is 5.56 Å². The molecule has 12 heteroatoms. The van der Waals surface area contributed by atoms with E-state index in [4.69, 9.17) is 9.47 Å². The molecule has 3 aromatic rings. The number of hydrogen-bond acceptors (Lipinski definition) is 9. The van der Waals surface area contributed by atoms with Crippen molar-refractivity contribution in [1.29, 1.82) is 0 Å². The maximum atomic E-state index is 13.2. The normalized spacial score (nSPS) is 14.0. The monoisotopic (exact) mass is 511 g/mol. The van der Waals surface area contributed by atoms with Crippen molar-refractivity contribution in [3.8, 4) is 5.75 Å². The summed E-state index contributed by atoms with van der Waals surface area (Å²) in [5.41, 5.74) is 4.46. The first-order chi connectivity index (χ1) is 17.4. The van der Waals surface area contributed by atoms with Crippen molar-refractivity contribution in [3.05, 3.63) is 82.4 Å². The smallest absolute Gasteiger partial charge is 0.270 e. The zero-order valence-electron chi connectivity index (χ0n) is 19.5. The third-order valence-electron chi connectivity index (χ3n) is 5.48. The van der Waals surface area contributed by atoms with E-state index in [-0.39, 0.29) is 22.0 Å². The van der Waals surface area contributed by atoms with Crippen molar-refractivity contribution in [1.82, 2.24) is 0 Å². The molecule has 4 rings (SSSR count). The fraction of sp³-hybridized carbons (Fsp3) is 0.208. The number of anilines is 3. The number of nitro groups is 1. The Bertz CT molecular complexity index is 1360. The second-order valence-corrected chi connectivity index (χ2v) is 9.46. The van der Waals surface area contributed by atoms with E-state index < -0.39 is 14.9 Å². The van der Waals surface area contributed by atoms with Crippen LogP contribution < -0.4 is 19.8 Å². The van der Waals surface area contributed by atoms with E-state index in [0.717, 1.165) is 30.4 Å². The van der Waals surface area contributed by atoms with Gasteiger partial charge in [-0.2, -0.15) is 5.10 Å². The summed E-state index contributed by atoms with van der Waals surface area (Å²) < 4.78 is 39.4. The molecule has 0 aliphatic carbocycles. The summed E-state index contributed by atoms with van der Waals surface area (Å²) in [5.74, 6) is 0.305. The number of nitrogens with zero attached hydrogens (tertiary/aromatic N) is 3. The molecule has 0 radical (unpaired) electrons. The van der Waals surface area contributed by atoms with Crippen LogP contribution in [0.3, 0.4) is 0 Å². The van der Waals surface area contributed by atoms with E-state index in [1.807, 2.05) is 24.3 Å². The minimum absolute atomic E-state index is 0.0733. The standard InChI is InChI=1S/C24H25N5O6S/c1-34-23-5-3-2-4-21(23)27-36(32,33)24-16-20(29(30)31)10-11-22(24)26-25-17-18-6-8-19(9-7-18)28-12-14-35-15-13-28/h2-11,16-17,26-27H,12-15H2,1H3/b25-17+. The van der Waals surface area contributed by atoms with Crippen LogP contribution in [0.2, 0.25) is 0 Å². The first-order valence-electron chi connectivity index (χ1n) is 11.0. The third kappa shape index (κ3) is 5.90. The second kappa shape index (κ2) is 11.1. The highest BCUT2D eigenvalue weighted by Crippen LogP contribution is 2.31. The van der Waals surface area contributed by atoms with Gasteiger partial charge in [0.05, 0.1) is 42.8 Å². The maximum Gasteiger partial charge on any atom is 0.270 e. The molecule has 0 spiro atoms. The lowest BCUT2D eigenvalue weighted by molar-refractivity contribution is -0.385. The van der Waals surface area contributed by atoms with Gasteiger partial charge >= 0.3 is 0 Å². The molecular formula is C24H25N5O6S. The number of para-hydroxylation sites is 2. The van der Waals surface area contributed by atoms with Gasteiger partial charge in [-0.15, -0.1) is 0 Å². The van der Waals surface area contributed by atoms with Gasteiger partial charge in [0.15, 0.2) is 0 Å². The van der Waals surface area contributed by atoms with E-state index in [1.54, 1.807) is 18.2 Å². The number of morpholine rings is 1. The molecule has 1 aliphatic heterocycles. The molecule has 1 saturated heterocycles. The van der Waals surface area contributed by atoms with Gasteiger partial charge in [0.25, 0.3) is 15.7 Å². The fourth-order valence-corrected chi connectivity index (χ4v) is 4.88. The largest absolute Gasteiger partial charge is 0.495 e. The predicted molar refractivity (Wildman–Crippen MR) is 138 cm³/mol. The average molecular weight is 512 g/mol. The lowest BCUT2D eigenvalue weighted by Crippen LogP contribution is -2.36. The van der Waals surface area contributed by atoms with Crippen LogP contribution in [0.5, 0.6) is 5.75 Å². The van der Waals surface area contributed by atoms with E-state index in [1.165, 1.54) is 31.5 Å². The van der Waals surface area contributed by atoms with E-state index >= 15 is 0 Å². The number of rotatable bonds is 9. The van der Waals surface area contributed by atoms with Gasteiger partial charge in [-0.3, -0.25) is 20.3 Å². The molecule has 0 atom stereocenters. The zero-order chi connectivity index (χ0) is 25.5. The number of methoxy groups -OCH3 is 1. The second-order valence-electron chi connectivity index (χ2n) is 7.80. The number of non-ortho nitro benzene ring substituents is 1. The number of nitro benzene ring substituents is 1. The average Bonchev–Trinajstić information content (AvgIpc) is 2.89. The molecule has 188 valence electrons. The summed E-state index contributed by atoms with van der Waals surface area (Å²) in [4.78, 5) is 12.5. The Morgan fingerprint density at radius 1 is 1.06 bits per heavy atom. The van der Waals surface area contributed by atoms with Crippen molar-refractivity contribution in [2.45, 2.75) is 4.90 Å². The van der Waals surface area contributed by atoms with Gasteiger partial charge in [0.2, 0.25) is 0 Å². The quantitative estimate of drug-likeness (QED) is 0.252. The van der Waals surface area contributed by atoms with E-state index in [9.17, 15) is 18.5 Å². The van der Waals surface area contributed by atoms with Gasteiger partial charge in [-0.1, -0.05) is 24.3 Å². The van der Waals surface area contributed by atoms with E-state index in [0.29, 0.717) is 19.0 Å². The number of ether oxygens (including phenoxy) is 2. The molecule has 1 heterocycles. The molecule has 0 bridgehead atoms. The van der Waals surface area contributed by atoms with E-state index in [2.05, 4.69) is 20.1 Å². The number of benzene rings is 3. The summed E-state index contributed by atoms with van der Waals surface area (Å²) in [7, 11) is -2.82. The lowest BCUT2D eigenvalue weighted by Gasteiger charge is -2.28. The van der Waals surface area contributed by atoms with Crippen LogP contribution in [-0.2, 0) is 14.8 Å². The zero-order valence-corrected chi connectivity index (χ0v) is 20.3. The van der Waals surface area contributed by atoms with Crippen molar-refractivity contribution >= 4 is 39.0 Å². The Labute approximate surface area is 208 Å². The van der Waals surface area contributed by atoms with Crippen LogP contribution in [0, 0.1) is 10.1 Å². The molecule has 0 saturated carbocycles. The van der Waals surface area contributed by atoms with Crippen molar-refractivity contribution in [2.24, 2.45) is 5.10 Å². The minimum atomic E-state index is -4.23. The Morgan fingerprint density at radius 3 is 2.47 bits per heavy atom. The van der Waals surface area contributed by atoms with Crippen molar-refractivity contribution in [3.63, 3.8) is 0 Å². The number of hydrogen-bond donors (Lipinski definition) is 2. The van der Waals surface area contributed by atoms with Gasteiger partial charge in [0.1, 0.15) is 10.6 Å². The Morgan fingerprint density at radius 2 is 1.78 bits per heavy atom. The molecule has 36 heavy (non-hydrogen) atoms. The molecule has 2 N–H and O–H groups in total. The molecule has 0 aromatic heterocycles. The Balaban J connectivity index is 1.55. The van der Waals surface area contributed by atoms with Crippen LogP contribution in [-0.4, -0.2) is 53.0 Å². The van der Waals surface area contributed by atoms with Gasteiger partial charge < -0.3 is 14.4 Å². The van der Waals surface area contributed by atoms with Crippen molar-refractivity contribution < 1.29 is 22.8 Å². The van der Waals surface area contributed by atoms with Crippen molar-refractivity contribution in [2.75, 3.05) is 48.5 Å². The lowest BCUT2D eigenvalue weighted by atomic mass is 10.2. The Kier molecular flexibility index (Phi) is 7.66. The topological polar surface area (TPSA) is 135 Å². The fourth-order valence-electron chi connectivity index (χ4n) is 3.64. The molecule has 1 aliphatic rings. The summed E-state index contributed by atoms with van der Waals surface area (Å²) >= 11 is 0. The third-order valence-corrected chi connectivity index (χ3v) is 6.89. The number of sulfonamides is 1. The summed E-state index contributed by atoms with van der Waals surface area (Å²) in [6.07, 6.45) is 1.54. The highest BCUT2D eigenvalue weighted by Gasteiger charge is 2.23. The minimum Gasteiger partial charge on any atom is -0.495 e. The summed E-state index contributed by atoms with van der Waals surface area (Å²) in [6.45, 7) is 3.05. The molecule has 11 nitrogen and oxygen atoms in total. The van der Waals surface area contributed by atoms with Gasteiger partial charge in [0, 0.05) is 30.9 Å². The maximum absolute atomic E-state index is 13.2. The first kappa shape index (κ1) is 24.9. The number of hydrazone groups is 1. The molecule has 0 unspecified atom stereocenters. The van der Waals surface area contributed by atoms with Crippen LogP contribution in [0.4, 0.5) is 22.7 Å². The van der Waals surface area contributed by atoms with Crippen LogP contribution in [0.15, 0.2) is 76.7 Å². The molecule has 0 amide bonds. The Hall–Kier alpha value is -4.16. The number of nitrogens with one attached hydrogen (secondary N) is 2. The predicted octanol–water partition coefficient (Wildman–Crippen LogP) is 3.69. The molecular weight excluding hydrogens is 486 g/mol. The SMILES string of the molecule is COc1ccccc1NS(=O)(=O)c1cc([N+](=O)[O-])ccc1N/N=C/c1ccc(N2CCOCC2)cc1.